The summed E-state index contributed by atoms with van der Waals surface area (Å²) in [5.74, 6) is -2.17. The van der Waals surface area contributed by atoms with Crippen molar-refractivity contribution in [2.24, 2.45) is 0 Å². The second kappa shape index (κ2) is 5.62. The van der Waals surface area contributed by atoms with Crippen molar-refractivity contribution in [3.8, 4) is 0 Å². The number of hydrogen-bond acceptors (Lipinski definition) is 6. The molecular formula is C11H10ClN3O6. The molecule has 10 heteroatoms. The number of nitrogens with zero attached hydrogens (tertiary/aromatic N) is 3. The number of carbonyl (C=O) groups is 2. The van der Waals surface area contributed by atoms with Gasteiger partial charge in [0.1, 0.15) is 23.0 Å². The fourth-order valence-corrected chi connectivity index (χ4v) is 2.32. The number of amides is 1. The smallest absolute Gasteiger partial charge is 0.326 e. The van der Waals surface area contributed by atoms with Crippen molar-refractivity contribution in [1.82, 2.24) is 9.88 Å². The van der Waals surface area contributed by atoms with Gasteiger partial charge < -0.3 is 15.1 Å². The van der Waals surface area contributed by atoms with E-state index in [1.54, 1.807) is 0 Å². The highest BCUT2D eigenvalue weighted by Gasteiger charge is 2.41. The Kier molecular flexibility index (Phi) is 4.05. The van der Waals surface area contributed by atoms with Crippen LogP contribution in [0.1, 0.15) is 16.8 Å². The topological polar surface area (TPSA) is 134 Å². The van der Waals surface area contributed by atoms with Crippen LogP contribution in [0.5, 0.6) is 0 Å². The number of β-amino-alcohol motifs (C(OH)–C–C–N with tert-alkyl or cyclic N) is 1. The highest BCUT2D eigenvalue weighted by Crippen LogP contribution is 2.26. The molecule has 1 aliphatic rings. The predicted molar refractivity (Wildman–Crippen MR) is 69.0 cm³/mol. The van der Waals surface area contributed by atoms with E-state index in [0.717, 1.165) is 17.2 Å². The van der Waals surface area contributed by atoms with Gasteiger partial charge in [-0.25, -0.2) is 9.78 Å². The van der Waals surface area contributed by atoms with Gasteiger partial charge in [-0.3, -0.25) is 14.9 Å². The third-order valence-corrected chi connectivity index (χ3v) is 3.31. The summed E-state index contributed by atoms with van der Waals surface area (Å²) >= 11 is 5.63. The molecule has 2 N–H and O–H groups in total. The van der Waals surface area contributed by atoms with Crippen molar-refractivity contribution in [3.63, 3.8) is 0 Å². The van der Waals surface area contributed by atoms with Gasteiger partial charge in [0.25, 0.3) is 11.6 Å². The van der Waals surface area contributed by atoms with E-state index in [1.807, 2.05) is 0 Å². The van der Waals surface area contributed by atoms with Gasteiger partial charge in [0.05, 0.1) is 11.0 Å². The molecule has 21 heavy (non-hydrogen) atoms. The minimum atomic E-state index is -1.29. The Hall–Kier alpha value is -2.26. The Morgan fingerprint density at radius 1 is 1.52 bits per heavy atom. The molecule has 1 amide bonds. The number of nitro groups is 1. The van der Waals surface area contributed by atoms with Crippen LogP contribution in [-0.4, -0.2) is 55.6 Å². The van der Waals surface area contributed by atoms with Crippen LogP contribution in [0.25, 0.3) is 0 Å². The lowest BCUT2D eigenvalue weighted by molar-refractivity contribution is -0.385. The van der Waals surface area contributed by atoms with Crippen LogP contribution < -0.4 is 0 Å². The summed E-state index contributed by atoms with van der Waals surface area (Å²) in [5.41, 5.74) is -0.935. The van der Waals surface area contributed by atoms with Crippen LogP contribution in [0.3, 0.4) is 0 Å². The molecule has 0 unspecified atom stereocenters. The van der Waals surface area contributed by atoms with E-state index in [-0.39, 0.29) is 23.7 Å². The number of carboxylic acids is 1. The molecule has 1 aromatic rings. The Labute approximate surface area is 122 Å². The van der Waals surface area contributed by atoms with Crippen LogP contribution >= 0.6 is 11.6 Å². The first-order valence-electron chi connectivity index (χ1n) is 5.83. The van der Waals surface area contributed by atoms with E-state index in [2.05, 4.69) is 4.98 Å². The molecule has 1 aliphatic heterocycles. The summed E-state index contributed by atoms with van der Waals surface area (Å²) in [6.45, 7) is -0.215. The summed E-state index contributed by atoms with van der Waals surface area (Å²) in [5, 5.41) is 29.4. The normalized spacial score (nSPS) is 21.3. The summed E-state index contributed by atoms with van der Waals surface area (Å²) in [4.78, 5) is 38.0. The fraction of sp³-hybridized carbons (Fsp3) is 0.364. The highest BCUT2D eigenvalue weighted by molar-refractivity contribution is 6.29. The molecule has 0 saturated carbocycles. The first kappa shape index (κ1) is 15.1. The molecule has 2 atom stereocenters. The van der Waals surface area contributed by atoms with Crippen molar-refractivity contribution in [2.45, 2.75) is 18.6 Å². The molecule has 2 rings (SSSR count). The molecule has 0 aromatic carbocycles. The molecule has 0 spiro atoms. The monoisotopic (exact) mass is 315 g/mol. The number of hydrogen-bond donors (Lipinski definition) is 2. The molecule has 9 nitrogen and oxygen atoms in total. The van der Waals surface area contributed by atoms with Crippen LogP contribution in [0.2, 0.25) is 5.15 Å². The summed E-state index contributed by atoms with van der Waals surface area (Å²) < 4.78 is 0. The van der Waals surface area contributed by atoms with Crippen LogP contribution in [0, 0.1) is 10.1 Å². The number of aliphatic hydroxyl groups excluding tert-OH is 1. The fourth-order valence-electron chi connectivity index (χ4n) is 2.17. The lowest BCUT2D eigenvalue weighted by atomic mass is 10.1. The Morgan fingerprint density at radius 2 is 2.19 bits per heavy atom. The van der Waals surface area contributed by atoms with Gasteiger partial charge in [-0.2, -0.15) is 0 Å². The molecule has 2 heterocycles. The molecule has 1 saturated heterocycles. The standard InChI is InChI=1S/C11H10ClN3O6/c12-9-2-6(8(3-13-9)15(20)21)10(17)14-4-5(16)1-7(14)11(18)19/h2-3,5,7,16H,1,4H2,(H,18,19)/t5-,7+/m1/s1. The van der Waals surface area contributed by atoms with Gasteiger partial charge in [0.2, 0.25) is 0 Å². The maximum atomic E-state index is 12.3. The maximum Gasteiger partial charge on any atom is 0.326 e. The van der Waals surface area contributed by atoms with Gasteiger partial charge in [-0.05, 0) is 6.07 Å². The molecule has 0 aliphatic carbocycles. The molecule has 0 bridgehead atoms. The SMILES string of the molecule is O=C(O)[C@@H]1C[C@@H](O)CN1C(=O)c1cc(Cl)ncc1[N+](=O)[O-]. The van der Waals surface area contributed by atoms with Gasteiger partial charge in [0.15, 0.2) is 0 Å². The highest BCUT2D eigenvalue weighted by atomic mass is 35.5. The van der Waals surface area contributed by atoms with E-state index in [0.29, 0.717) is 0 Å². The van der Waals surface area contributed by atoms with E-state index in [4.69, 9.17) is 16.7 Å². The third-order valence-electron chi connectivity index (χ3n) is 3.10. The van der Waals surface area contributed by atoms with Crippen molar-refractivity contribution in [3.05, 3.63) is 33.1 Å². The number of aliphatic hydroxyl groups is 1. The Balaban J connectivity index is 2.42. The number of carbonyl (C=O) groups excluding carboxylic acids is 1. The largest absolute Gasteiger partial charge is 0.480 e. The summed E-state index contributed by atoms with van der Waals surface area (Å²) in [7, 11) is 0. The second-order valence-corrected chi connectivity index (χ2v) is 4.87. The lowest BCUT2D eigenvalue weighted by Gasteiger charge is -2.20. The number of likely N-dealkylation sites (tertiary alicyclic amines) is 1. The van der Waals surface area contributed by atoms with Crippen molar-refractivity contribution >= 4 is 29.2 Å². The number of pyridine rings is 1. The van der Waals surface area contributed by atoms with Crippen LogP contribution in [-0.2, 0) is 4.79 Å². The Morgan fingerprint density at radius 3 is 2.76 bits per heavy atom. The number of aromatic nitrogens is 1. The summed E-state index contributed by atoms with van der Waals surface area (Å²) in [6, 6.07) is -0.231. The van der Waals surface area contributed by atoms with E-state index in [1.165, 1.54) is 0 Å². The number of carboxylic acid groups (broad SMARTS) is 1. The van der Waals surface area contributed by atoms with Crippen LogP contribution in [0.4, 0.5) is 5.69 Å². The van der Waals surface area contributed by atoms with Gasteiger partial charge >= 0.3 is 5.97 Å². The van der Waals surface area contributed by atoms with Crippen molar-refractivity contribution in [1.29, 1.82) is 0 Å². The zero-order chi connectivity index (χ0) is 15.7. The molecule has 1 fully saturated rings. The molecular weight excluding hydrogens is 306 g/mol. The molecule has 0 radical (unpaired) electrons. The molecule has 112 valence electrons. The average Bonchev–Trinajstić information content (AvgIpc) is 2.79. The second-order valence-electron chi connectivity index (χ2n) is 4.48. The minimum absolute atomic E-state index is 0.129. The number of rotatable bonds is 3. The lowest BCUT2D eigenvalue weighted by Crippen LogP contribution is -2.40. The van der Waals surface area contributed by atoms with Gasteiger partial charge in [-0.1, -0.05) is 11.6 Å². The van der Waals surface area contributed by atoms with E-state index < -0.39 is 34.6 Å². The predicted octanol–water partition coefficient (Wildman–Crippen LogP) is 0.303. The average molecular weight is 316 g/mol. The van der Waals surface area contributed by atoms with Crippen LogP contribution in [0.15, 0.2) is 12.3 Å². The number of halogens is 1. The van der Waals surface area contributed by atoms with E-state index in [9.17, 15) is 24.8 Å². The summed E-state index contributed by atoms with van der Waals surface area (Å²) in [6.07, 6.45) is -0.294. The minimum Gasteiger partial charge on any atom is -0.480 e. The van der Waals surface area contributed by atoms with Crippen molar-refractivity contribution < 1.29 is 24.7 Å². The van der Waals surface area contributed by atoms with Gasteiger partial charge in [0, 0.05) is 13.0 Å². The first-order chi connectivity index (χ1) is 9.81. The first-order valence-corrected chi connectivity index (χ1v) is 6.21. The third kappa shape index (κ3) is 2.93. The quantitative estimate of drug-likeness (QED) is 0.465. The van der Waals surface area contributed by atoms with Crippen molar-refractivity contribution in [2.75, 3.05) is 6.54 Å². The molecule has 1 aromatic heterocycles. The zero-order valence-electron chi connectivity index (χ0n) is 10.5. The number of aliphatic carboxylic acids is 1. The zero-order valence-corrected chi connectivity index (χ0v) is 11.2. The van der Waals surface area contributed by atoms with Gasteiger partial charge in [-0.15, -0.1) is 0 Å². The maximum absolute atomic E-state index is 12.3. The Bertz CT molecular complexity index is 622. The van der Waals surface area contributed by atoms with E-state index >= 15 is 0 Å².